The molecular weight excluding hydrogens is 264 g/mol. The molecule has 0 fully saturated rings. The third kappa shape index (κ3) is 4.56. The first kappa shape index (κ1) is 16.0. The summed E-state index contributed by atoms with van der Waals surface area (Å²) in [6, 6.07) is 8.56. The van der Waals surface area contributed by atoms with Gasteiger partial charge in [-0.05, 0) is 24.6 Å². The minimum Gasteiger partial charge on any atom is -0.382 e. The molecule has 0 saturated heterocycles. The molecule has 0 unspecified atom stereocenters. The van der Waals surface area contributed by atoms with Crippen LogP contribution in [0.4, 0.5) is 0 Å². The molecule has 0 spiro atoms. The lowest BCUT2D eigenvalue weighted by Crippen LogP contribution is -2.13. The second-order valence-corrected chi connectivity index (χ2v) is 5.15. The Morgan fingerprint density at radius 3 is 2.81 bits per heavy atom. The quantitative estimate of drug-likeness (QED) is 0.683. The number of hydrogen-bond donors (Lipinski definition) is 1. The van der Waals surface area contributed by atoms with E-state index in [2.05, 4.69) is 47.3 Å². The lowest BCUT2D eigenvalue weighted by atomic mass is 10.2. The molecule has 1 heterocycles. The fourth-order valence-electron chi connectivity index (χ4n) is 2.46. The predicted octanol–water partition coefficient (Wildman–Crippen LogP) is 2.80. The normalized spacial score (nSPS) is 11.3. The minimum atomic E-state index is 0.651. The zero-order chi connectivity index (χ0) is 14.9. The highest BCUT2D eigenvalue weighted by molar-refractivity contribution is 5.83. The Hall–Kier alpha value is -1.36. The molecular formula is C17H26N2O2. The van der Waals surface area contributed by atoms with Crippen LogP contribution in [0.5, 0.6) is 0 Å². The number of fused-ring (bicyclic) bond motifs is 1. The maximum Gasteiger partial charge on any atom is 0.0701 e. The Bertz CT molecular complexity index is 537. The number of ether oxygens (including phenoxy) is 2. The van der Waals surface area contributed by atoms with Crippen LogP contribution >= 0.6 is 0 Å². The van der Waals surface area contributed by atoms with Gasteiger partial charge >= 0.3 is 0 Å². The molecule has 1 N–H and O–H groups in total. The number of benzene rings is 1. The fourth-order valence-corrected chi connectivity index (χ4v) is 2.46. The Balaban J connectivity index is 2.01. The van der Waals surface area contributed by atoms with Gasteiger partial charge in [0.15, 0.2) is 0 Å². The van der Waals surface area contributed by atoms with Gasteiger partial charge < -0.3 is 19.4 Å². The minimum absolute atomic E-state index is 0.651. The van der Waals surface area contributed by atoms with Gasteiger partial charge in [0.2, 0.25) is 0 Å². The number of aromatic nitrogens is 1. The molecule has 0 radical (unpaired) electrons. The SMILES string of the molecule is CCCNCc1cn(CCOCCOC)c2ccccc12. The van der Waals surface area contributed by atoms with Crippen LogP contribution in [0.2, 0.25) is 0 Å². The molecule has 0 aliphatic carbocycles. The van der Waals surface area contributed by atoms with Crippen LogP contribution in [-0.2, 0) is 22.6 Å². The van der Waals surface area contributed by atoms with Gasteiger partial charge in [0.1, 0.15) is 0 Å². The molecule has 21 heavy (non-hydrogen) atoms. The zero-order valence-corrected chi connectivity index (χ0v) is 13.1. The molecule has 2 rings (SSSR count). The van der Waals surface area contributed by atoms with E-state index in [0.717, 1.165) is 26.1 Å². The number of nitrogens with one attached hydrogen (secondary N) is 1. The summed E-state index contributed by atoms with van der Waals surface area (Å²) >= 11 is 0. The molecule has 0 aliphatic heterocycles. The van der Waals surface area contributed by atoms with Gasteiger partial charge in [-0.1, -0.05) is 25.1 Å². The summed E-state index contributed by atoms with van der Waals surface area (Å²) in [6.07, 6.45) is 3.40. The number of para-hydroxylation sites is 1. The summed E-state index contributed by atoms with van der Waals surface area (Å²) in [6.45, 7) is 7.06. The van der Waals surface area contributed by atoms with Crippen LogP contribution in [0.25, 0.3) is 10.9 Å². The molecule has 2 aromatic rings. The fraction of sp³-hybridized carbons (Fsp3) is 0.529. The van der Waals surface area contributed by atoms with Crippen molar-refractivity contribution >= 4 is 10.9 Å². The van der Waals surface area contributed by atoms with Crippen molar-refractivity contribution < 1.29 is 9.47 Å². The molecule has 0 saturated carbocycles. The molecule has 1 aromatic heterocycles. The number of nitrogens with zero attached hydrogens (tertiary/aromatic N) is 1. The van der Waals surface area contributed by atoms with Crippen LogP contribution < -0.4 is 5.32 Å². The molecule has 0 bridgehead atoms. The summed E-state index contributed by atoms with van der Waals surface area (Å²) in [7, 11) is 1.69. The highest BCUT2D eigenvalue weighted by atomic mass is 16.5. The van der Waals surface area contributed by atoms with E-state index in [9.17, 15) is 0 Å². The highest BCUT2D eigenvalue weighted by Gasteiger charge is 2.07. The largest absolute Gasteiger partial charge is 0.382 e. The van der Waals surface area contributed by atoms with Crippen LogP contribution in [0.3, 0.4) is 0 Å². The summed E-state index contributed by atoms with van der Waals surface area (Å²) in [5.74, 6) is 0. The van der Waals surface area contributed by atoms with Crippen molar-refractivity contribution in [1.82, 2.24) is 9.88 Å². The van der Waals surface area contributed by atoms with Crippen molar-refractivity contribution in [2.24, 2.45) is 0 Å². The first-order valence-corrected chi connectivity index (χ1v) is 7.71. The monoisotopic (exact) mass is 290 g/mol. The molecule has 0 atom stereocenters. The van der Waals surface area contributed by atoms with Crippen molar-refractivity contribution in [2.45, 2.75) is 26.4 Å². The lowest BCUT2D eigenvalue weighted by Gasteiger charge is -2.06. The van der Waals surface area contributed by atoms with Crippen molar-refractivity contribution in [3.8, 4) is 0 Å². The second kappa shape index (κ2) is 8.82. The lowest BCUT2D eigenvalue weighted by molar-refractivity contribution is 0.0670. The molecule has 0 amide bonds. The first-order valence-electron chi connectivity index (χ1n) is 7.71. The predicted molar refractivity (Wildman–Crippen MR) is 86.6 cm³/mol. The number of rotatable bonds is 10. The van der Waals surface area contributed by atoms with Gasteiger partial charge in [-0.15, -0.1) is 0 Å². The number of methoxy groups -OCH3 is 1. The van der Waals surface area contributed by atoms with Gasteiger partial charge in [-0.2, -0.15) is 0 Å². The van der Waals surface area contributed by atoms with E-state index in [0.29, 0.717) is 19.8 Å². The van der Waals surface area contributed by atoms with Crippen LogP contribution in [0.15, 0.2) is 30.5 Å². The van der Waals surface area contributed by atoms with E-state index in [1.807, 2.05) is 0 Å². The van der Waals surface area contributed by atoms with E-state index >= 15 is 0 Å². The number of hydrogen-bond acceptors (Lipinski definition) is 3. The Morgan fingerprint density at radius 2 is 2.00 bits per heavy atom. The molecule has 0 aliphatic rings. The van der Waals surface area contributed by atoms with E-state index in [-0.39, 0.29) is 0 Å². The Labute approximate surface area is 127 Å². The second-order valence-electron chi connectivity index (χ2n) is 5.15. The summed E-state index contributed by atoms with van der Waals surface area (Å²) in [4.78, 5) is 0. The summed E-state index contributed by atoms with van der Waals surface area (Å²) in [5.41, 5.74) is 2.64. The van der Waals surface area contributed by atoms with Crippen LogP contribution in [0.1, 0.15) is 18.9 Å². The van der Waals surface area contributed by atoms with Gasteiger partial charge in [0.25, 0.3) is 0 Å². The van der Waals surface area contributed by atoms with Crippen molar-refractivity contribution in [3.63, 3.8) is 0 Å². The Morgan fingerprint density at radius 1 is 1.14 bits per heavy atom. The molecule has 4 heteroatoms. The van der Waals surface area contributed by atoms with Gasteiger partial charge in [0.05, 0.1) is 19.8 Å². The van der Waals surface area contributed by atoms with Gasteiger partial charge in [-0.3, -0.25) is 0 Å². The van der Waals surface area contributed by atoms with E-state index in [1.54, 1.807) is 7.11 Å². The summed E-state index contributed by atoms with van der Waals surface area (Å²) < 4.78 is 12.8. The average molecular weight is 290 g/mol. The smallest absolute Gasteiger partial charge is 0.0701 e. The molecule has 1 aromatic carbocycles. The van der Waals surface area contributed by atoms with Crippen molar-refractivity contribution in [3.05, 3.63) is 36.0 Å². The standard InChI is InChI=1S/C17H26N2O2/c1-3-8-18-13-15-14-19(9-10-21-12-11-20-2)17-7-5-4-6-16(15)17/h4-7,14,18H,3,8-13H2,1-2H3. The third-order valence-corrected chi connectivity index (χ3v) is 3.52. The third-order valence-electron chi connectivity index (χ3n) is 3.52. The van der Waals surface area contributed by atoms with Crippen molar-refractivity contribution in [2.75, 3.05) is 33.5 Å². The topological polar surface area (TPSA) is 35.4 Å². The zero-order valence-electron chi connectivity index (χ0n) is 13.1. The van der Waals surface area contributed by atoms with E-state index in [1.165, 1.54) is 16.5 Å². The van der Waals surface area contributed by atoms with Gasteiger partial charge in [-0.25, -0.2) is 0 Å². The average Bonchev–Trinajstić information content (AvgIpc) is 2.86. The Kier molecular flexibility index (Phi) is 6.73. The van der Waals surface area contributed by atoms with Crippen LogP contribution in [-0.4, -0.2) is 38.0 Å². The summed E-state index contributed by atoms with van der Waals surface area (Å²) in [5, 5.41) is 4.81. The van der Waals surface area contributed by atoms with E-state index < -0.39 is 0 Å². The molecule has 4 nitrogen and oxygen atoms in total. The highest BCUT2D eigenvalue weighted by Crippen LogP contribution is 2.21. The van der Waals surface area contributed by atoms with Gasteiger partial charge in [0, 0.05) is 37.3 Å². The maximum absolute atomic E-state index is 5.57. The molecule has 116 valence electrons. The van der Waals surface area contributed by atoms with Crippen LogP contribution in [0, 0.1) is 0 Å². The van der Waals surface area contributed by atoms with Crippen molar-refractivity contribution in [1.29, 1.82) is 0 Å². The maximum atomic E-state index is 5.57. The first-order chi connectivity index (χ1) is 10.4. The van der Waals surface area contributed by atoms with E-state index in [4.69, 9.17) is 9.47 Å².